The van der Waals surface area contributed by atoms with Crippen molar-refractivity contribution in [2.75, 3.05) is 39.5 Å². The maximum absolute atomic E-state index is 12.2. The van der Waals surface area contributed by atoms with Crippen molar-refractivity contribution in [1.29, 1.82) is 0 Å². The van der Waals surface area contributed by atoms with Crippen LogP contribution in [0.5, 0.6) is 0 Å². The fourth-order valence-electron chi connectivity index (χ4n) is 3.01. The second kappa shape index (κ2) is 8.24. The Balaban J connectivity index is 1.38. The van der Waals surface area contributed by atoms with Crippen molar-refractivity contribution in [1.82, 2.24) is 15.3 Å². The molecule has 2 aliphatic rings. The number of hydrogen-bond acceptors (Lipinski definition) is 7. The summed E-state index contributed by atoms with van der Waals surface area (Å²) in [6, 6.07) is 5.08. The number of esters is 1. The molecule has 9 nitrogen and oxygen atoms in total. The maximum Gasteiger partial charge on any atom is 0.339 e. The molecule has 0 atom stereocenters. The van der Waals surface area contributed by atoms with E-state index in [9.17, 15) is 9.59 Å². The van der Waals surface area contributed by atoms with E-state index < -0.39 is 5.97 Å². The van der Waals surface area contributed by atoms with Crippen LogP contribution in [0.15, 0.2) is 45.8 Å². The summed E-state index contributed by atoms with van der Waals surface area (Å²) in [6.07, 6.45) is 4.69. The molecule has 1 saturated heterocycles. The maximum atomic E-state index is 12.2. The minimum atomic E-state index is -0.412. The standard InChI is InChI=1S/C19H20N4O5/c24-18-15(17(21-22-18)16-2-1-6-27-16)11-14-10-13(12-20-14)19(25)28-9-5-23-3-7-26-8-4-23/h1-2,6,10-12,20H,3-5,7-9H2,(H,22,24)/b15-11-. The molecule has 146 valence electrons. The van der Waals surface area contributed by atoms with Gasteiger partial charge in [-0.3, -0.25) is 9.69 Å². The van der Waals surface area contributed by atoms with E-state index in [0.29, 0.717) is 54.7 Å². The lowest BCUT2D eigenvalue weighted by atomic mass is 10.1. The lowest BCUT2D eigenvalue weighted by Crippen LogP contribution is -2.38. The predicted molar refractivity (Wildman–Crippen MR) is 99.7 cm³/mol. The molecule has 4 heterocycles. The van der Waals surface area contributed by atoms with E-state index >= 15 is 0 Å². The first kappa shape index (κ1) is 18.2. The van der Waals surface area contributed by atoms with Crippen LogP contribution in [0.3, 0.4) is 0 Å². The Hall–Kier alpha value is -3.17. The van der Waals surface area contributed by atoms with Crippen molar-refractivity contribution in [3.05, 3.63) is 53.2 Å². The highest BCUT2D eigenvalue weighted by Crippen LogP contribution is 2.18. The van der Waals surface area contributed by atoms with Crippen molar-refractivity contribution in [2.24, 2.45) is 5.10 Å². The molecule has 0 bridgehead atoms. The molecule has 2 aromatic rings. The first-order valence-corrected chi connectivity index (χ1v) is 9.00. The molecule has 0 radical (unpaired) electrons. The molecule has 2 aliphatic heterocycles. The number of furan rings is 1. The molecule has 2 aromatic heterocycles. The second-order valence-corrected chi connectivity index (χ2v) is 6.37. The second-order valence-electron chi connectivity index (χ2n) is 6.37. The number of carbonyl (C=O) groups excluding carboxylic acids is 2. The van der Waals surface area contributed by atoms with Crippen molar-refractivity contribution in [2.45, 2.75) is 0 Å². The normalized spacial score (nSPS) is 18.9. The molecule has 0 aliphatic carbocycles. The van der Waals surface area contributed by atoms with Crippen LogP contribution in [0.25, 0.3) is 6.08 Å². The summed E-state index contributed by atoms with van der Waals surface area (Å²) in [5.74, 6) is -0.264. The predicted octanol–water partition coefficient (Wildman–Crippen LogP) is 1.01. The summed E-state index contributed by atoms with van der Waals surface area (Å²) in [4.78, 5) is 29.5. The molecule has 0 unspecified atom stereocenters. The van der Waals surface area contributed by atoms with Crippen LogP contribution >= 0.6 is 0 Å². The summed E-state index contributed by atoms with van der Waals surface area (Å²) in [6.45, 7) is 4.11. The molecule has 2 N–H and O–H groups in total. The number of aromatic amines is 1. The molecule has 0 spiro atoms. The van der Waals surface area contributed by atoms with E-state index in [1.54, 1.807) is 30.5 Å². The van der Waals surface area contributed by atoms with Crippen LogP contribution in [0.2, 0.25) is 0 Å². The molecule has 1 fully saturated rings. The zero-order chi connectivity index (χ0) is 19.3. The Morgan fingerprint density at radius 3 is 3.00 bits per heavy atom. The van der Waals surface area contributed by atoms with Gasteiger partial charge < -0.3 is 18.9 Å². The molecular weight excluding hydrogens is 364 g/mol. The van der Waals surface area contributed by atoms with Gasteiger partial charge in [0.2, 0.25) is 0 Å². The number of nitrogens with zero attached hydrogens (tertiary/aromatic N) is 2. The Morgan fingerprint density at radius 1 is 1.36 bits per heavy atom. The van der Waals surface area contributed by atoms with Crippen molar-refractivity contribution < 1.29 is 23.5 Å². The van der Waals surface area contributed by atoms with E-state index in [-0.39, 0.29) is 5.91 Å². The third-order valence-corrected chi connectivity index (χ3v) is 4.51. The number of carbonyl (C=O) groups is 2. The third-order valence-electron chi connectivity index (χ3n) is 4.51. The number of aromatic nitrogens is 1. The van der Waals surface area contributed by atoms with Crippen LogP contribution < -0.4 is 5.43 Å². The number of nitrogens with one attached hydrogen (secondary N) is 2. The number of H-pyrrole nitrogens is 1. The van der Waals surface area contributed by atoms with Gasteiger partial charge in [-0.05, 0) is 24.3 Å². The molecule has 0 saturated carbocycles. The first-order chi connectivity index (χ1) is 13.7. The molecule has 28 heavy (non-hydrogen) atoms. The average Bonchev–Trinajstić information content (AvgIpc) is 3.45. The van der Waals surface area contributed by atoms with Crippen LogP contribution in [0, 0.1) is 0 Å². The average molecular weight is 384 g/mol. The quantitative estimate of drug-likeness (QED) is 0.568. The largest absolute Gasteiger partial charge is 0.463 e. The molecule has 4 rings (SSSR count). The summed E-state index contributed by atoms with van der Waals surface area (Å²) in [7, 11) is 0. The van der Waals surface area contributed by atoms with Gasteiger partial charge >= 0.3 is 5.97 Å². The number of ether oxygens (including phenoxy) is 2. The van der Waals surface area contributed by atoms with E-state index in [0.717, 1.165) is 13.1 Å². The zero-order valence-electron chi connectivity index (χ0n) is 15.1. The van der Waals surface area contributed by atoms with Gasteiger partial charge in [0.25, 0.3) is 5.91 Å². The highest BCUT2D eigenvalue weighted by Gasteiger charge is 2.26. The van der Waals surface area contributed by atoms with Gasteiger partial charge in [0.1, 0.15) is 12.3 Å². The topological polar surface area (TPSA) is 109 Å². The Labute approximate surface area is 161 Å². The fourth-order valence-corrected chi connectivity index (χ4v) is 3.01. The highest BCUT2D eigenvalue weighted by atomic mass is 16.5. The molecule has 1 amide bonds. The van der Waals surface area contributed by atoms with Gasteiger partial charge in [-0.1, -0.05) is 0 Å². The molecule has 0 aromatic carbocycles. The number of rotatable bonds is 6. The van der Waals surface area contributed by atoms with E-state index in [1.807, 2.05) is 0 Å². The van der Waals surface area contributed by atoms with Crippen molar-refractivity contribution in [3.8, 4) is 0 Å². The molecule has 9 heteroatoms. The van der Waals surface area contributed by atoms with E-state index in [1.165, 1.54) is 6.26 Å². The van der Waals surface area contributed by atoms with Crippen LogP contribution in [0.4, 0.5) is 0 Å². The lowest BCUT2D eigenvalue weighted by Gasteiger charge is -2.26. The van der Waals surface area contributed by atoms with E-state index in [2.05, 4.69) is 20.4 Å². The van der Waals surface area contributed by atoms with Crippen LogP contribution in [-0.4, -0.2) is 66.9 Å². The smallest absolute Gasteiger partial charge is 0.339 e. The minimum Gasteiger partial charge on any atom is -0.463 e. The number of morpholine rings is 1. The third kappa shape index (κ3) is 4.05. The van der Waals surface area contributed by atoms with Crippen molar-refractivity contribution >= 4 is 23.7 Å². The Morgan fingerprint density at radius 2 is 2.21 bits per heavy atom. The van der Waals surface area contributed by atoms with Crippen LogP contribution in [-0.2, 0) is 14.3 Å². The Kier molecular flexibility index (Phi) is 5.36. The highest BCUT2D eigenvalue weighted by molar-refractivity contribution is 6.32. The van der Waals surface area contributed by atoms with Gasteiger partial charge in [-0.15, -0.1) is 0 Å². The summed E-state index contributed by atoms with van der Waals surface area (Å²) in [5.41, 5.74) is 4.17. The van der Waals surface area contributed by atoms with Gasteiger partial charge in [-0.25, -0.2) is 10.2 Å². The Bertz CT molecular complexity index is 907. The van der Waals surface area contributed by atoms with Gasteiger partial charge in [0.15, 0.2) is 5.76 Å². The molecular formula is C19H20N4O5. The minimum absolute atomic E-state index is 0.318. The van der Waals surface area contributed by atoms with E-state index in [4.69, 9.17) is 13.9 Å². The van der Waals surface area contributed by atoms with Gasteiger partial charge in [0, 0.05) is 31.5 Å². The summed E-state index contributed by atoms with van der Waals surface area (Å²) < 4.78 is 15.9. The zero-order valence-corrected chi connectivity index (χ0v) is 15.1. The monoisotopic (exact) mass is 384 g/mol. The summed E-state index contributed by atoms with van der Waals surface area (Å²) in [5, 5.41) is 4.00. The number of hydrogen-bond donors (Lipinski definition) is 2. The SMILES string of the molecule is O=C1NN=C(c2ccco2)/C1=C/c1cc(C(=O)OCCN2CCOCC2)c[nH]1. The van der Waals surface area contributed by atoms with Crippen molar-refractivity contribution in [3.63, 3.8) is 0 Å². The lowest BCUT2D eigenvalue weighted by molar-refractivity contribution is -0.116. The number of hydrazone groups is 1. The van der Waals surface area contributed by atoms with Gasteiger partial charge in [0.05, 0.1) is 30.6 Å². The van der Waals surface area contributed by atoms with Crippen LogP contribution in [0.1, 0.15) is 21.8 Å². The fraction of sp³-hybridized carbons (Fsp3) is 0.316. The summed E-state index contributed by atoms with van der Waals surface area (Å²) >= 11 is 0. The van der Waals surface area contributed by atoms with Gasteiger partial charge in [-0.2, -0.15) is 5.10 Å². The first-order valence-electron chi connectivity index (χ1n) is 9.00. The number of amides is 1.